The maximum absolute atomic E-state index is 12.5. The number of hydrogen-bond acceptors (Lipinski definition) is 5. The van der Waals surface area contributed by atoms with Crippen molar-refractivity contribution in [2.75, 3.05) is 13.6 Å². The zero-order chi connectivity index (χ0) is 18.4. The molecule has 0 saturated heterocycles. The lowest BCUT2D eigenvalue weighted by Gasteiger charge is -2.17. The van der Waals surface area contributed by atoms with Crippen molar-refractivity contribution in [1.82, 2.24) is 14.7 Å². The number of carbonyl (C=O) groups is 1. The van der Waals surface area contributed by atoms with E-state index in [0.717, 1.165) is 9.87 Å². The van der Waals surface area contributed by atoms with Gasteiger partial charge in [-0.1, -0.05) is 23.2 Å². The number of carbonyl (C=O) groups excluding carboxylic acids is 1. The standard InChI is InChI=1S/C15H14Cl2N4O3S/c1-21(25(23,24)14-8-12(16)2-3-13(14)17)10-15(22)20-19-9-11-4-6-18-7-5-11/h2-9H,10H2,1H3,(H,20,22)/b19-9-. The Morgan fingerprint density at radius 1 is 1.28 bits per heavy atom. The van der Waals surface area contributed by atoms with Crippen molar-refractivity contribution in [1.29, 1.82) is 0 Å². The average molecular weight is 401 g/mol. The van der Waals surface area contributed by atoms with E-state index in [1.54, 1.807) is 24.5 Å². The van der Waals surface area contributed by atoms with Gasteiger partial charge >= 0.3 is 0 Å². The van der Waals surface area contributed by atoms with Gasteiger partial charge in [0.05, 0.1) is 17.8 Å². The summed E-state index contributed by atoms with van der Waals surface area (Å²) < 4.78 is 25.8. The summed E-state index contributed by atoms with van der Waals surface area (Å²) in [5.74, 6) is -0.602. The highest BCUT2D eigenvalue weighted by Gasteiger charge is 2.25. The van der Waals surface area contributed by atoms with Crippen molar-refractivity contribution in [2.45, 2.75) is 4.90 Å². The Balaban J connectivity index is 2.02. The average Bonchev–Trinajstić information content (AvgIpc) is 2.57. The maximum Gasteiger partial charge on any atom is 0.255 e. The summed E-state index contributed by atoms with van der Waals surface area (Å²) >= 11 is 11.7. The topological polar surface area (TPSA) is 91.7 Å². The van der Waals surface area contributed by atoms with Crippen molar-refractivity contribution < 1.29 is 13.2 Å². The molecule has 0 fully saturated rings. The van der Waals surface area contributed by atoms with Gasteiger partial charge in [0.15, 0.2) is 0 Å². The Labute approximate surface area is 155 Å². The lowest BCUT2D eigenvalue weighted by atomic mass is 10.3. The predicted molar refractivity (Wildman–Crippen MR) is 96.3 cm³/mol. The molecule has 1 N–H and O–H groups in total. The number of nitrogens with one attached hydrogen (secondary N) is 1. The van der Waals surface area contributed by atoms with Gasteiger partial charge in [-0.15, -0.1) is 0 Å². The van der Waals surface area contributed by atoms with Crippen LogP contribution in [0.4, 0.5) is 0 Å². The Morgan fingerprint density at radius 3 is 2.64 bits per heavy atom. The third-order valence-corrected chi connectivity index (χ3v) is 5.58. The van der Waals surface area contributed by atoms with Crippen LogP contribution in [-0.2, 0) is 14.8 Å². The molecule has 0 unspecified atom stereocenters. The maximum atomic E-state index is 12.5. The molecule has 0 aliphatic carbocycles. The third kappa shape index (κ3) is 5.23. The minimum Gasteiger partial charge on any atom is -0.272 e. The third-order valence-electron chi connectivity index (χ3n) is 3.06. The normalized spacial score (nSPS) is 11.8. The smallest absolute Gasteiger partial charge is 0.255 e. The number of sulfonamides is 1. The summed E-state index contributed by atoms with van der Waals surface area (Å²) in [6, 6.07) is 7.49. The lowest BCUT2D eigenvalue weighted by molar-refractivity contribution is -0.121. The molecule has 0 bridgehead atoms. The second-order valence-corrected chi connectivity index (χ2v) is 7.77. The number of hydrazone groups is 1. The summed E-state index contributed by atoms with van der Waals surface area (Å²) in [5.41, 5.74) is 2.99. The van der Waals surface area contributed by atoms with E-state index >= 15 is 0 Å². The van der Waals surface area contributed by atoms with Crippen LogP contribution in [0.25, 0.3) is 0 Å². The minimum atomic E-state index is -3.97. The van der Waals surface area contributed by atoms with Crippen LogP contribution >= 0.6 is 23.2 Å². The molecule has 1 heterocycles. The first-order valence-corrected chi connectivity index (χ1v) is 9.13. The Hall–Kier alpha value is -2.00. The molecule has 0 atom stereocenters. The fourth-order valence-corrected chi connectivity index (χ4v) is 3.65. The van der Waals surface area contributed by atoms with Gasteiger partial charge in [0.1, 0.15) is 4.90 Å². The van der Waals surface area contributed by atoms with Gasteiger partial charge in [0.25, 0.3) is 5.91 Å². The molecule has 7 nitrogen and oxygen atoms in total. The molecule has 2 aromatic rings. The quantitative estimate of drug-likeness (QED) is 0.593. The number of hydrogen-bond donors (Lipinski definition) is 1. The molecule has 1 amide bonds. The van der Waals surface area contributed by atoms with E-state index in [-0.39, 0.29) is 14.9 Å². The van der Waals surface area contributed by atoms with Crippen molar-refractivity contribution in [3.05, 3.63) is 58.3 Å². The first-order valence-electron chi connectivity index (χ1n) is 6.94. The SMILES string of the molecule is CN(CC(=O)N/N=C\c1ccncc1)S(=O)(=O)c1cc(Cl)ccc1Cl. The van der Waals surface area contributed by atoms with E-state index < -0.39 is 22.5 Å². The molecule has 0 spiro atoms. The van der Waals surface area contributed by atoms with Gasteiger partial charge < -0.3 is 0 Å². The lowest BCUT2D eigenvalue weighted by Crippen LogP contribution is -2.36. The molecule has 10 heteroatoms. The van der Waals surface area contributed by atoms with Crippen molar-refractivity contribution in [3.8, 4) is 0 Å². The Kier molecular flexibility index (Phi) is 6.49. The second kappa shape index (κ2) is 8.39. The van der Waals surface area contributed by atoms with E-state index in [2.05, 4.69) is 15.5 Å². The molecule has 0 radical (unpaired) electrons. The van der Waals surface area contributed by atoms with Crippen molar-refractivity contribution in [3.63, 3.8) is 0 Å². The van der Waals surface area contributed by atoms with Gasteiger partial charge in [-0.25, -0.2) is 13.8 Å². The molecular weight excluding hydrogens is 387 g/mol. The van der Waals surface area contributed by atoms with Crippen molar-refractivity contribution in [2.24, 2.45) is 5.10 Å². The van der Waals surface area contributed by atoms with Gasteiger partial charge in [0, 0.05) is 24.5 Å². The fourth-order valence-electron chi connectivity index (χ4n) is 1.79. The molecule has 132 valence electrons. The largest absolute Gasteiger partial charge is 0.272 e. The van der Waals surface area contributed by atoms with Crippen LogP contribution in [0.15, 0.2) is 52.7 Å². The van der Waals surface area contributed by atoms with E-state index in [4.69, 9.17) is 23.2 Å². The highest BCUT2D eigenvalue weighted by atomic mass is 35.5. The molecule has 2 rings (SSSR count). The summed E-state index contributed by atoms with van der Waals surface area (Å²) in [7, 11) is -2.71. The van der Waals surface area contributed by atoms with Gasteiger partial charge in [-0.2, -0.15) is 9.41 Å². The molecule has 1 aromatic heterocycles. The molecule has 0 saturated carbocycles. The number of likely N-dealkylation sites (N-methyl/N-ethyl adjacent to an activating group) is 1. The predicted octanol–water partition coefficient (Wildman–Crippen LogP) is 2.16. The van der Waals surface area contributed by atoms with Gasteiger partial charge in [0.2, 0.25) is 10.0 Å². The fraction of sp³-hybridized carbons (Fsp3) is 0.133. The summed E-state index contributed by atoms with van der Waals surface area (Å²) in [5, 5.41) is 4.01. The number of pyridine rings is 1. The number of benzene rings is 1. The number of nitrogens with zero attached hydrogens (tertiary/aromatic N) is 3. The van der Waals surface area contributed by atoms with Crippen LogP contribution in [0.2, 0.25) is 10.0 Å². The van der Waals surface area contributed by atoms with Crippen LogP contribution in [0.3, 0.4) is 0 Å². The van der Waals surface area contributed by atoms with Crippen LogP contribution < -0.4 is 5.43 Å². The summed E-state index contributed by atoms with van der Waals surface area (Å²) in [6.07, 6.45) is 4.58. The molecule has 0 aliphatic rings. The highest BCUT2D eigenvalue weighted by Crippen LogP contribution is 2.26. The highest BCUT2D eigenvalue weighted by molar-refractivity contribution is 7.89. The van der Waals surface area contributed by atoms with E-state index in [1.165, 1.54) is 31.5 Å². The summed E-state index contributed by atoms with van der Waals surface area (Å²) in [4.78, 5) is 15.6. The summed E-state index contributed by atoms with van der Waals surface area (Å²) in [6.45, 7) is -0.432. The van der Waals surface area contributed by atoms with Gasteiger partial charge in [-0.3, -0.25) is 9.78 Å². The number of rotatable bonds is 6. The monoisotopic (exact) mass is 400 g/mol. The molecule has 25 heavy (non-hydrogen) atoms. The van der Waals surface area contributed by atoms with Gasteiger partial charge in [-0.05, 0) is 35.9 Å². The first-order chi connectivity index (χ1) is 11.8. The Morgan fingerprint density at radius 2 is 1.96 bits per heavy atom. The Bertz CT molecular complexity index is 889. The zero-order valence-corrected chi connectivity index (χ0v) is 15.4. The number of halogens is 2. The minimum absolute atomic E-state index is 0.0207. The first kappa shape index (κ1) is 19.3. The molecular formula is C15H14Cl2N4O3S. The number of aromatic nitrogens is 1. The van der Waals surface area contributed by atoms with E-state index in [9.17, 15) is 13.2 Å². The molecule has 1 aromatic carbocycles. The van der Waals surface area contributed by atoms with E-state index in [1.807, 2.05) is 0 Å². The molecule has 0 aliphatic heterocycles. The number of amides is 1. The van der Waals surface area contributed by atoms with Crippen LogP contribution in [0, 0.1) is 0 Å². The second-order valence-electron chi connectivity index (χ2n) is 4.91. The zero-order valence-electron chi connectivity index (χ0n) is 13.1. The van der Waals surface area contributed by atoms with Crippen LogP contribution in [0.5, 0.6) is 0 Å². The van der Waals surface area contributed by atoms with Crippen LogP contribution in [0.1, 0.15) is 5.56 Å². The van der Waals surface area contributed by atoms with E-state index in [0.29, 0.717) is 0 Å². The van der Waals surface area contributed by atoms with Crippen molar-refractivity contribution >= 4 is 45.3 Å². The van der Waals surface area contributed by atoms with Crippen LogP contribution in [-0.4, -0.2) is 43.4 Å².